The molecule has 5 heteroatoms. The number of fused-ring (bicyclic) bond motifs is 1. The Hall–Kier alpha value is -0.510. The first-order valence-electron chi connectivity index (χ1n) is 5.03. The molecule has 2 aliphatic rings. The molecule has 0 radical (unpaired) electrons. The first kappa shape index (κ1) is 9.70. The summed E-state index contributed by atoms with van der Waals surface area (Å²) >= 11 is 11.7. The van der Waals surface area contributed by atoms with Gasteiger partial charge >= 0.3 is 0 Å². The van der Waals surface area contributed by atoms with E-state index in [0.29, 0.717) is 16.2 Å². The lowest BCUT2D eigenvalue weighted by atomic mass is 9.96. The maximum absolute atomic E-state index is 5.94. The van der Waals surface area contributed by atoms with Crippen LogP contribution in [-0.4, -0.2) is 30.7 Å². The van der Waals surface area contributed by atoms with E-state index in [1.54, 1.807) is 6.20 Å². The highest BCUT2D eigenvalue weighted by Gasteiger charge is 2.39. The van der Waals surface area contributed by atoms with Crippen molar-refractivity contribution in [1.29, 1.82) is 0 Å². The van der Waals surface area contributed by atoms with Gasteiger partial charge in [0.1, 0.15) is 5.15 Å². The number of anilines is 1. The SMILES string of the molecule is Clc1cc(N2C[C@H]3CN[C@H]3C2)cnc1Cl. The molecule has 15 heavy (non-hydrogen) atoms. The number of pyridine rings is 1. The molecule has 0 amide bonds. The Kier molecular flexibility index (Phi) is 2.27. The molecule has 2 fully saturated rings. The van der Waals surface area contributed by atoms with E-state index >= 15 is 0 Å². The molecule has 0 aromatic carbocycles. The zero-order valence-corrected chi connectivity index (χ0v) is 9.59. The molecule has 0 spiro atoms. The van der Waals surface area contributed by atoms with Crippen LogP contribution in [0, 0.1) is 5.92 Å². The fraction of sp³-hybridized carbons (Fsp3) is 0.500. The van der Waals surface area contributed by atoms with Crippen LogP contribution in [0.25, 0.3) is 0 Å². The first-order valence-corrected chi connectivity index (χ1v) is 5.79. The van der Waals surface area contributed by atoms with E-state index in [-0.39, 0.29) is 0 Å². The molecule has 1 aromatic heterocycles. The van der Waals surface area contributed by atoms with Gasteiger partial charge in [0.25, 0.3) is 0 Å². The molecule has 1 N–H and O–H groups in total. The number of rotatable bonds is 1. The maximum Gasteiger partial charge on any atom is 0.147 e. The van der Waals surface area contributed by atoms with Crippen molar-refractivity contribution in [1.82, 2.24) is 10.3 Å². The molecule has 2 saturated heterocycles. The van der Waals surface area contributed by atoms with Crippen molar-refractivity contribution >= 4 is 28.9 Å². The van der Waals surface area contributed by atoms with E-state index in [0.717, 1.165) is 31.2 Å². The number of hydrogen-bond acceptors (Lipinski definition) is 3. The van der Waals surface area contributed by atoms with Crippen molar-refractivity contribution in [3.8, 4) is 0 Å². The van der Waals surface area contributed by atoms with Gasteiger partial charge in [-0.25, -0.2) is 4.98 Å². The highest BCUT2D eigenvalue weighted by atomic mass is 35.5. The van der Waals surface area contributed by atoms with Crippen LogP contribution in [0.3, 0.4) is 0 Å². The third-order valence-corrected chi connectivity index (χ3v) is 3.92. The lowest BCUT2D eigenvalue weighted by Crippen LogP contribution is -2.51. The molecule has 3 rings (SSSR count). The molecule has 0 aliphatic carbocycles. The quantitative estimate of drug-likeness (QED) is 0.763. The van der Waals surface area contributed by atoms with Gasteiger partial charge in [-0.15, -0.1) is 0 Å². The summed E-state index contributed by atoms with van der Waals surface area (Å²) in [6, 6.07) is 2.54. The summed E-state index contributed by atoms with van der Waals surface area (Å²) in [7, 11) is 0. The predicted molar refractivity (Wildman–Crippen MR) is 61.8 cm³/mol. The van der Waals surface area contributed by atoms with Crippen molar-refractivity contribution in [2.75, 3.05) is 24.5 Å². The number of aromatic nitrogens is 1. The largest absolute Gasteiger partial charge is 0.368 e. The van der Waals surface area contributed by atoms with Crippen LogP contribution in [0.15, 0.2) is 12.3 Å². The van der Waals surface area contributed by atoms with E-state index in [1.165, 1.54) is 0 Å². The van der Waals surface area contributed by atoms with Gasteiger partial charge in [0.15, 0.2) is 0 Å². The number of hydrogen-bond donors (Lipinski definition) is 1. The highest BCUT2D eigenvalue weighted by Crippen LogP contribution is 2.30. The average Bonchev–Trinajstić information content (AvgIpc) is 2.48. The van der Waals surface area contributed by atoms with Crippen molar-refractivity contribution in [2.45, 2.75) is 6.04 Å². The van der Waals surface area contributed by atoms with Gasteiger partial charge in [0.05, 0.1) is 16.9 Å². The smallest absolute Gasteiger partial charge is 0.147 e. The molecular formula is C10H11Cl2N3. The van der Waals surface area contributed by atoms with E-state index in [4.69, 9.17) is 23.2 Å². The molecule has 3 nitrogen and oxygen atoms in total. The fourth-order valence-corrected chi connectivity index (χ4v) is 2.51. The van der Waals surface area contributed by atoms with Crippen molar-refractivity contribution < 1.29 is 0 Å². The second-order valence-corrected chi connectivity index (χ2v) is 4.91. The minimum atomic E-state index is 0.376. The fourth-order valence-electron chi connectivity index (χ4n) is 2.25. The zero-order valence-electron chi connectivity index (χ0n) is 8.08. The van der Waals surface area contributed by atoms with Crippen molar-refractivity contribution in [3.63, 3.8) is 0 Å². The van der Waals surface area contributed by atoms with Crippen LogP contribution in [-0.2, 0) is 0 Å². The monoisotopic (exact) mass is 243 g/mol. The highest BCUT2D eigenvalue weighted by molar-refractivity contribution is 6.41. The second-order valence-electron chi connectivity index (χ2n) is 4.15. The summed E-state index contributed by atoms with van der Waals surface area (Å²) in [4.78, 5) is 6.38. The zero-order chi connectivity index (χ0) is 10.4. The van der Waals surface area contributed by atoms with Crippen LogP contribution < -0.4 is 10.2 Å². The average molecular weight is 244 g/mol. The molecule has 2 atom stereocenters. The Morgan fingerprint density at radius 2 is 2.27 bits per heavy atom. The first-order chi connectivity index (χ1) is 7.24. The standard InChI is InChI=1S/C10H11Cl2N3/c11-8-1-7(3-14-10(8)12)15-4-6-2-13-9(6)5-15/h1,3,6,9,13H,2,4-5H2/t6-,9+/m1/s1. The van der Waals surface area contributed by atoms with Gasteiger partial charge < -0.3 is 10.2 Å². The lowest BCUT2D eigenvalue weighted by Gasteiger charge is -2.29. The summed E-state index contributed by atoms with van der Waals surface area (Å²) < 4.78 is 0. The molecule has 80 valence electrons. The van der Waals surface area contributed by atoms with E-state index in [9.17, 15) is 0 Å². The van der Waals surface area contributed by atoms with E-state index < -0.39 is 0 Å². The lowest BCUT2D eigenvalue weighted by molar-refractivity contribution is 0.297. The molecule has 2 aliphatic heterocycles. The topological polar surface area (TPSA) is 28.2 Å². The van der Waals surface area contributed by atoms with Crippen LogP contribution in [0.2, 0.25) is 10.2 Å². The molecule has 0 unspecified atom stereocenters. The van der Waals surface area contributed by atoms with Crippen LogP contribution >= 0.6 is 23.2 Å². The summed E-state index contributed by atoms with van der Waals surface area (Å²) in [5.41, 5.74) is 1.07. The van der Waals surface area contributed by atoms with Gasteiger partial charge in [-0.1, -0.05) is 23.2 Å². The number of halogens is 2. The molecule has 0 saturated carbocycles. The molecule has 3 heterocycles. The van der Waals surface area contributed by atoms with Gasteiger partial charge in [-0.05, 0) is 6.07 Å². The van der Waals surface area contributed by atoms with Crippen molar-refractivity contribution in [3.05, 3.63) is 22.4 Å². The summed E-state index contributed by atoms with van der Waals surface area (Å²) in [6.45, 7) is 3.28. The van der Waals surface area contributed by atoms with Gasteiger partial charge in [0, 0.05) is 31.6 Å². The normalized spacial score (nSPS) is 28.8. The van der Waals surface area contributed by atoms with E-state index in [2.05, 4.69) is 15.2 Å². The molecular weight excluding hydrogens is 233 g/mol. The summed E-state index contributed by atoms with van der Waals surface area (Å²) in [6.07, 6.45) is 1.79. The van der Waals surface area contributed by atoms with Gasteiger partial charge in [-0.2, -0.15) is 0 Å². The second kappa shape index (κ2) is 3.51. The Labute approximate surface area is 98.4 Å². The Bertz CT molecular complexity index is 384. The van der Waals surface area contributed by atoms with Gasteiger partial charge in [0.2, 0.25) is 0 Å². The Balaban J connectivity index is 1.84. The van der Waals surface area contributed by atoms with Crippen LogP contribution in [0.5, 0.6) is 0 Å². The summed E-state index contributed by atoms with van der Waals surface area (Å²) in [5, 5.41) is 4.32. The summed E-state index contributed by atoms with van der Waals surface area (Å²) in [5.74, 6) is 0.791. The van der Waals surface area contributed by atoms with E-state index in [1.807, 2.05) is 6.07 Å². The maximum atomic E-state index is 5.94. The predicted octanol–water partition coefficient (Wildman–Crippen LogP) is 1.80. The Morgan fingerprint density at radius 3 is 2.80 bits per heavy atom. The number of nitrogens with zero attached hydrogens (tertiary/aromatic N) is 2. The minimum Gasteiger partial charge on any atom is -0.368 e. The van der Waals surface area contributed by atoms with Gasteiger partial charge in [-0.3, -0.25) is 0 Å². The van der Waals surface area contributed by atoms with Crippen LogP contribution in [0.1, 0.15) is 0 Å². The Morgan fingerprint density at radius 1 is 1.40 bits per heavy atom. The number of nitrogens with one attached hydrogen (secondary N) is 1. The third-order valence-electron chi connectivity index (χ3n) is 3.23. The third kappa shape index (κ3) is 1.59. The molecule has 0 bridgehead atoms. The van der Waals surface area contributed by atoms with Crippen LogP contribution in [0.4, 0.5) is 5.69 Å². The molecule has 1 aromatic rings. The minimum absolute atomic E-state index is 0.376. The van der Waals surface area contributed by atoms with Crippen molar-refractivity contribution in [2.24, 2.45) is 5.92 Å².